The van der Waals surface area contributed by atoms with Gasteiger partial charge in [-0.15, -0.1) is 0 Å². The van der Waals surface area contributed by atoms with Crippen molar-refractivity contribution in [2.75, 3.05) is 11.9 Å². The molecular formula is C20H17NO4. The third-order valence-corrected chi connectivity index (χ3v) is 4.08. The Kier molecular flexibility index (Phi) is 4.23. The smallest absolute Gasteiger partial charge is 0.308 e. The zero-order valence-corrected chi connectivity index (χ0v) is 14.2. The van der Waals surface area contributed by atoms with Crippen LogP contribution in [0.2, 0.25) is 0 Å². The van der Waals surface area contributed by atoms with Crippen molar-refractivity contribution in [2.24, 2.45) is 0 Å². The molecule has 0 radical (unpaired) electrons. The third kappa shape index (κ3) is 2.96. The van der Waals surface area contributed by atoms with Crippen molar-refractivity contribution in [3.63, 3.8) is 0 Å². The molecule has 0 unspecified atom stereocenters. The lowest BCUT2D eigenvalue weighted by molar-refractivity contribution is -0.134. The summed E-state index contributed by atoms with van der Waals surface area (Å²) in [6, 6.07) is 14.0. The SMILES string of the molecule is CC(=O)O/C(=C1/C(=O)N(C)c2ccccc21)c1ccc(C(C)=O)cc1. The zero-order valence-electron chi connectivity index (χ0n) is 14.2. The minimum Gasteiger partial charge on any atom is -0.425 e. The highest BCUT2D eigenvalue weighted by atomic mass is 16.5. The Hall–Kier alpha value is -3.21. The number of hydrogen-bond donors (Lipinski definition) is 0. The van der Waals surface area contributed by atoms with Crippen molar-refractivity contribution in [1.82, 2.24) is 0 Å². The van der Waals surface area contributed by atoms with Crippen molar-refractivity contribution >= 4 is 34.7 Å². The molecule has 1 amide bonds. The second kappa shape index (κ2) is 6.36. The number of esters is 1. The van der Waals surface area contributed by atoms with E-state index in [1.165, 1.54) is 18.7 Å². The van der Waals surface area contributed by atoms with Gasteiger partial charge in [-0.1, -0.05) is 42.5 Å². The number of fused-ring (bicyclic) bond motifs is 1. The molecule has 1 aliphatic rings. The van der Waals surface area contributed by atoms with E-state index in [4.69, 9.17) is 4.74 Å². The molecule has 126 valence electrons. The lowest BCUT2D eigenvalue weighted by Gasteiger charge is -2.12. The normalized spacial score (nSPS) is 15.0. The van der Waals surface area contributed by atoms with Crippen molar-refractivity contribution < 1.29 is 19.1 Å². The first-order valence-corrected chi connectivity index (χ1v) is 7.81. The van der Waals surface area contributed by atoms with E-state index in [2.05, 4.69) is 0 Å². The Morgan fingerprint density at radius 1 is 0.920 bits per heavy atom. The highest BCUT2D eigenvalue weighted by molar-refractivity contribution is 6.37. The van der Waals surface area contributed by atoms with Gasteiger partial charge in [0.05, 0.1) is 11.3 Å². The van der Waals surface area contributed by atoms with Gasteiger partial charge in [0.15, 0.2) is 11.5 Å². The third-order valence-electron chi connectivity index (χ3n) is 4.08. The summed E-state index contributed by atoms with van der Waals surface area (Å²) in [5.41, 5.74) is 2.91. The molecule has 2 aromatic rings. The molecule has 0 aromatic heterocycles. The number of hydrogen-bond acceptors (Lipinski definition) is 4. The van der Waals surface area contributed by atoms with Crippen LogP contribution in [0.5, 0.6) is 0 Å². The van der Waals surface area contributed by atoms with Gasteiger partial charge < -0.3 is 9.64 Å². The second-order valence-electron chi connectivity index (χ2n) is 5.81. The van der Waals surface area contributed by atoms with Crippen LogP contribution in [0.1, 0.15) is 35.3 Å². The van der Waals surface area contributed by atoms with Gasteiger partial charge in [0.2, 0.25) is 0 Å². The largest absolute Gasteiger partial charge is 0.425 e. The number of likely N-dealkylation sites (N-methyl/N-ethyl adjacent to an activating group) is 1. The van der Waals surface area contributed by atoms with Crippen LogP contribution in [-0.4, -0.2) is 24.7 Å². The minimum atomic E-state index is -0.516. The summed E-state index contributed by atoms with van der Waals surface area (Å²) in [5, 5.41) is 0. The van der Waals surface area contributed by atoms with Crippen molar-refractivity contribution in [1.29, 1.82) is 0 Å². The number of carbonyl (C=O) groups is 3. The maximum absolute atomic E-state index is 12.8. The number of anilines is 1. The van der Waals surface area contributed by atoms with E-state index in [1.54, 1.807) is 31.3 Å². The van der Waals surface area contributed by atoms with Gasteiger partial charge in [0, 0.05) is 30.7 Å². The molecule has 5 heteroatoms. The number of ketones is 1. The minimum absolute atomic E-state index is 0.0599. The fourth-order valence-electron chi connectivity index (χ4n) is 2.84. The quantitative estimate of drug-likeness (QED) is 0.374. The first kappa shape index (κ1) is 16.6. The predicted molar refractivity (Wildman–Crippen MR) is 94.9 cm³/mol. The van der Waals surface area contributed by atoms with E-state index in [0.717, 1.165) is 5.69 Å². The average Bonchev–Trinajstić information content (AvgIpc) is 2.84. The number of ether oxygens (including phenoxy) is 1. The average molecular weight is 335 g/mol. The van der Waals surface area contributed by atoms with Crippen molar-refractivity contribution in [2.45, 2.75) is 13.8 Å². The van der Waals surface area contributed by atoms with Crippen molar-refractivity contribution in [3.8, 4) is 0 Å². The Morgan fingerprint density at radius 2 is 1.52 bits per heavy atom. The van der Waals surface area contributed by atoms with Crippen LogP contribution in [0.4, 0.5) is 5.69 Å². The molecule has 1 heterocycles. The van der Waals surface area contributed by atoms with Crippen LogP contribution in [0, 0.1) is 0 Å². The van der Waals surface area contributed by atoms with Crippen LogP contribution < -0.4 is 4.90 Å². The molecule has 0 N–H and O–H groups in total. The molecular weight excluding hydrogens is 318 g/mol. The Labute approximate surface area is 145 Å². The van der Waals surface area contributed by atoms with E-state index in [0.29, 0.717) is 22.3 Å². The van der Waals surface area contributed by atoms with E-state index in [9.17, 15) is 14.4 Å². The molecule has 0 fully saturated rings. The molecule has 0 atom stereocenters. The van der Waals surface area contributed by atoms with E-state index in [-0.39, 0.29) is 17.4 Å². The molecule has 0 spiro atoms. The van der Waals surface area contributed by atoms with Crippen LogP contribution in [-0.2, 0) is 14.3 Å². The highest BCUT2D eigenvalue weighted by Crippen LogP contribution is 2.40. The van der Waals surface area contributed by atoms with Gasteiger partial charge in [-0.2, -0.15) is 0 Å². The molecule has 3 rings (SSSR count). The summed E-state index contributed by atoms with van der Waals surface area (Å²) in [5.74, 6) is -0.620. The van der Waals surface area contributed by atoms with Crippen LogP contribution >= 0.6 is 0 Å². The van der Waals surface area contributed by atoms with E-state index >= 15 is 0 Å². The fourth-order valence-corrected chi connectivity index (χ4v) is 2.84. The van der Waals surface area contributed by atoms with Gasteiger partial charge in [-0.3, -0.25) is 14.4 Å². The molecule has 5 nitrogen and oxygen atoms in total. The number of para-hydroxylation sites is 1. The number of amides is 1. The lowest BCUT2D eigenvalue weighted by Crippen LogP contribution is -2.21. The fraction of sp³-hybridized carbons (Fsp3) is 0.150. The van der Waals surface area contributed by atoms with Gasteiger partial charge in [0.25, 0.3) is 5.91 Å². The Morgan fingerprint density at radius 3 is 2.12 bits per heavy atom. The van der Waals surface area contributed by atoms with Gasteiger partial charge >= 0.3 is 5.97 Å². The summed E-state index contributed by atoms with van der Waals surface area (Å²) in [4.78, 5) is 37.4. The van der Waals surface area contributed by atoms with Crippen LogP contribution in [0.15, 0.2) is 48.5 Å². The summed E-state index contributed by atoms with van der Waals surface area (Å²) < 4.78 is 5.40. The predicted octanol–water partition coefficient (Wildman–Crippen LogP) is 3.30. The number of carbonyl (C=O) groups excluding carboxylic acids is 3. The van der Waals surface area contributed by atoms with Crippen LogP contribution in [0.25, 0.3) is 11.3 Å². The van der Waals surface area contributed by atoms with Gasteiger partial charge in [-0.05, 0) is 13.0 Å². The lowest BCUT2D eigenvalue weighted by atomic mass is 10.0. The maximum Gasteiger partial charge on any atom is 0.308 e. The van der Waals surface area contributed by atoms with Gasteiger partial charge in [0.1, 0.15) is 0 Å². The summed E-state index contributed by atoms with van der Waals surface area (Å²) in [6.45, 7) is 2.77. The molecule has 1 aliphatic heterocycles. The Balaban J connectivity index is 2.22. The monoisotopic (exact) mass is 335 g/mol. The maximum atomic E-state index is 12.8. The number of rotatable bonds is 3. The number of Topliss-reactive ketones (excluding diaryl/α,β-unsaturated/α-hetero) is 1. The molecule has 2 aromatic carbocycles. The first-order valence-electron chi connectivity index (χ1n) is 7.81. The van der Waals surface area contributed by atoms with Gasteiger partial charge in [-0.25, -0.2) is 0 Å². The molecule has 0 saturated carbocycles. The number of benzene rings is 2. The zero-order chi connectivity index (χ0) is 18.1. The molecule has 25 heavy (non-hydrogen) atoms. The topological polar surface area (TPSA) is 63.7 Å². The molecule has 0 saturated heterocycles. The second-order valence-corrected chi connectivity index (χ2v) is 5.81. The molecule has 0 aliphatic carbocycles. The number of nitrogens with zero attached hydrogens (tertiary/aromatic N) is 1. The summed E-state index contributed by atoms with van der Waals surface area (Å²) in [7, 11) is 1.68. The Bertz CT molecular complexity index is 910. The van der Waals surface area contributed by atoms with Crippen LogP contribution in [0.3, 0.4) is 0 Å². The first-order chi connectivity index (χ1) is 11.9. The molecule has 0 bridgehead atoms. The summed E-state index contributed by atoms with van der Waals surface area (Å²) in [6.07, 6.45) is 0. The van der Waals surface area contributed by atoms with Crippen molar-refractivity contribution in [3.05, 3.63) is 65.2 Å². The van der Waals surface area contributed by atoms with E-state index < -0.39 is 5.97 Å². The standard InChI is InChI=1S/C20H17NO4/c1-12(22)14-8-10-15(11-9-14)19(25-13(2)23)18-16-6-4-5-7-17(16)21(3)20(18)24/h4-11H,1-3H3/b19-18+. The van der Waals surface area contributed by atoms with E-state index in [1.807, 2.05) is 24.3 Å². The summed E-state index contributed by atoms with van der Waals surface area (Å²) >= 11 is 0. The highest BCUT2D eigenvalue weighted by Gasteiger charge is 2.34.